The van der Waals surface area contributed by atoms with Gasteiger partial charge in [-0.25, -0.2) is 0 Å². The number of pyridine rings is 1. The number of benzene rings is 1. The molecule has 0 saturated heterocycles. The van der Waals surface area contributed by atoms with E-state index in [4.69, 9.17) is 4.18 Å². The van der Waals surface area contributed by atoms with Crippen LogP contribution in [-0.4, -0.2) is 19.5 Å². The van der Waals surface area contributed by atoms with Gasteiger partial charge < -0.3 is 0 Å². The van der Waals surface area contributed by atoms with Crippen LogP contribution in [0.4, 0.5) is 0 Å². The molecule has 20 heavy (non-hydrogen) atoms. The number of rotatable bonds is 5. The summed E-state index contributed by atoms with van der Waals surface area (Å²) in [7, 11) is -3.72. The van der Waals surface area contributed by atoms with Gasteiger partial charge in [0.2, 0.25) is 0 Å². The van der Waals surface area contributed by atoms with Gasteiger partial charge >= 0.3 is 0 Å². The van der Waals surface area contributed by atoms with Gasteiger partial charge in [-0.05, 0) is 38.1 Å². The third-order valence-corrected chi connectivity index (χ3v) is 4.25. The minimum atomic E-state index is -3.72. The fourth-order valence-electron chi connectivity index (χ4n) is 1.82. The van der Waals surface area contributed by atoms with Crippen LogP contribution < -0.4 is 0 Å². The Hall–Kier alpha value is -1.72. The molecule has 106 valence electrons. The molecule has 0 fully saturated rings. The van der Waals surface area contributed by atoms with E-state index in [1.165, 1.54) is 0 Å². The molecule has 0 aliphatic heterocycles. The Morgan fingerprint density at radius 1 is 1.15 bits per heavy atom. The predicted octanol–water partition coefficient (Wildman–Crippen LogP) is 2.73. The first kappa shape index (κ1) is 14.7. The second kappa shape index (κ2) is 6.15. The standard InChI is InChI=1S/C15H17NO3S/c1-12-6-8-15(9-7-12)20(17,18)19-13(2)11-14-5-3-4-10-16-14/h3-10,13H,11H2,1-2H3/t13-/m1/s1. The summed E-state index contributed by atoms with van der Waals surface area (Å²) in [6.45, 7) is 3.63. The van der Waals surface area contributed by atoms with Gasteiger partial charge in [0.1, 0.15) is 0 Å². The summed E-state index contributed by atoms with van der Waals surface area (Å²) in [6, 6.07) is 12.1. The Morgan fingerprint density at radius 2 is 1.85 bits per heavy atom. The first-order valence-corrected chi connectivity index (χ1v) is 7.78. The molecule has 0 unspecified atom stereocenters. The highest BCUT2D eigenvalue weighted by atomic mass is 32.2. The van der Waals surface area contributed by atoms with Gasteiger partial charge in [-0.2, -0.15) is 8.42 Å². The quantitative estimate of drug-likeness (QED) is 0.795. The van der Waals surface area contributed by atoms with E-state index in [1.807, 2.05) is 25.1 Å². The van der Waals surface area contributed by atoms with E-state index >= 15 is 0 Å². The van der Waals surface area contributed by atoms with Crippen molar-refractivity contribution in [1.29, 1.82) is 0 Å². The van der Waals surface area contributed by atoms with Gasteiger partial charge in [-0.1, -0.05) is 23.8 Å². The van der Waals surface area contributed by atoms with Crippen LogP contribution in [0.5, 0.6) is 0 Å². The Kier molecular flexibility index (Phi) is 4.52. The van der Waals surface area contributed by atoms with Crippen molar-refractivity contribution in [2.45, 2.75) is 31.3 Å². The third kappa shape index (κ3) is 3.88. The van der Waals surface area contributed by atoms with Crippen molar-refractivity contribution in [3.05, 3.63) is 59.9 Å². The first-order chi connectivity index (χ1) is 9.47. The molecule has 0 N–H and O–H groups in total. The number of aryl methyl sites for hydroxylation is 1. The summed E-state index contributed by atoms with van der Waals surface area (Å²) in [4.78, 5) is 4.34. The zero-order chi connectivity index (χ0) is 14.6. The number of hydrogen-bond acceptors (Lipinski definition) is 4. The molecule has 0 aliphatic carbocycles. The van der Waals surface area contributed by atoms with E-state index < -0.39 is 16.2 Å². The first-order valence-electron chi connectivity index (χ1n) is 6.37. The lowest BCUT2D eigenvalue weighted by Crippen LogP contribution is -2.18. The molecule has 4 nitrogen and oxygen atoms in total. The van der Waals surface area contributed by atoms with Crippen LogP contribution in [-0.2, 0) is 20.7 Å². The van der Waals surface area contributed by atoms with Crippen molar-refractivity contribution in [2.24, 2.45) is 0 Å². The minimum absolute atomic E-state index is 0.177. The van der Waals surface area contributed by atoms with E-state index in [1.54, 1.807) is 37.4 Å². The molecule has 1 aromatic carbocycles. The molecule has 5 heteroatoms. The maximum Gasteiger partial charge on any atom is 0.297 e. The van der Waals surface area contributed by atoms with Gasteiger partial charge in [-0.3, -0.25) is 9.17 Å². The van der Waals surface area contributed by atoms with Crippen LogP contribution in [0.1, 0.15) is 18.2 Å². The van der Waals surface area contributed by atoms with Gasteiger partial charge in [0, 0.05) is 18.3 Å². The average Bonchev–Trinajstić information content (AvgIpc) is 2.39. The lowest BCUT2D eigenvalue weighted by atomic mass is 10.2. The summed E-state index contributed by atoms with van der Waals surface area (Å²) in [5.74, 6) is 0. The lowest BCUT2D eigenvalue weighted by Gasteiger charge is -2.12. The summed E-state index contributed by atoms with van der Waals surface area (Å²) < 4.78 is 29.4. The molecular weight excluding hydrogens is 274 g/mol. The SMILES string of the molecule is Cc1ccc(S(=O)(=O)O[C@H](C)Cc2ccccn2)cc1. The molecule has 0 saturated carbocycles. The van der Waals surface area contributed by atoms with E-state index in [9.17, 15) is 8.42 Å². The molecule has 1 atom stereocenters. The molecule has 0 bridgehead atoms. The number of nitrogens with zero attached hydrogens (tertiary/aromatic N) is 1. The Balaban J connectivity index is 2.06. The van der Waals surface area contributed by atoms with Gasteiger partial charge in [0.25, 0.3) is 10.1 Å². The number of aromatic nitrogens is 1. The molecule has 0 radical (unpaired) electrons. The zero-order valence-corrected chi connectivity index (χ0v) is 12.3. The van der Waals surface area contributed by atoms with Gasteiger partial charge in [0.05, 0.1) is 11.0 Å². The van der Waals surface area contributed by atoms with E-state index in [-0.39, 0.29) is 4.90 Å². The average molecular weight is 291 g/mol. The summed E-state index contributed by atoms with van der Waals surface area (Å²) in [6.07, 6.45) is 1.67. The highest BCUT2D eigenvalue weighted by Crippen LogP contribution is 2.16. The highest BCUT2D eigenvalue weighted by Gasteiger charge is 2.19. The number of hydrogen-bond donors (Lipinski definition) is 0. The van der Waals surface area contributed by atoms with E-state index in [0.717, 1.165) is 11.3 Å². The summed E-state index contributed by atoms with van der Waals surface area (Å²) in [5.41, 5.74) is 1.81. The van der Waals surface area contributed by atoms with Crippen LogP contribution in [0.3, 0.4) is 0 Å². The highest BCUT2D eigenvalue weighted by molar-refractivity contribution is 7.86. The van der Waals surface area contributed by atoms with E-state index in [0.29, 0.717) is 6.42 Å². The van der Waals surface area contributed by atoms with Gasteiger partial charge in [-0.15, -0.1) is 0 Å². The maximum absolute atomic E-state index is 12.1. The largest absolute Gasteiger partial charge is 0.297 e. The predicted molar refractivity (Wildman–Crippen MR) is 76.9 cm³/mol. The fraction of sp³-hybridized carbons (Fsp3) is 0.267. The second-order valence-corrected chi connectivity index (χ2v) is 6.27. The van der Waals surface area contributed by atoms with Crippen LogP contribution >= 0.6 is 0 Å². The van der Waals surface area contributed by atoms with Gasteiger partial charge in [0.15, 0.2) is 0 Å². The van der Waals surface area contributed by atoms with Crippen LogP contribution in [0.15, 0.2) is 53.6 Å². The topological polar surface area (TPSA) is 56.3 Å². The molecular formula is C15H17NO3S. The molecule has 2 rings (SSSR count). The molecule has 2 aromatic rings. The van der Waals surface area contributed by atoms with Crippen molar-refractivity contribution < 1.29 is 12.6 Å². The zero-order valence-electron chi connectivity index (χ0n) is 11.5. The molecule has 0 amide bonds. The van der Waals surface area contributed by atoms with Crippen molar-refractivity contribution in [1.82, 2.24) is 4.98 Å². The third-order valence-electron chi connectivity index (χ3n) is 2.82. The molecule has 0 aliphatic rings. The molecule has 0 spiro atoms. The normalized spacial score (nSPS) is 13.1. The summed E-state index contributed by atoms with van der Waals surface area (Å²) >= 11 is 0. The van der Waals surface area contributed by atoms with Crippen molar-refractivity contribution in [3.8, 4) is 0 Å². The van der Waals surface area contributed by atoms with Crippen LogP contribution in [0.25, 0.3) is 0 Å². The van der Waals surface area contributed by atoms with Crippen molar-refractivity contribution >= 4 is 10.1 Å². The van der Waals surface area contributed by atoms with E-state index in [2.05, 4.69) is 4.98 Å². The van der Waals surface area contributed by atoms with Crippen LogP contribution in [0.2, 0.25) is 0 Å². The maximum atomic E-state index is 12.1. The van der Waals surface area contributed by atoms with Crippen molar-refractivity contribution in [2.75, 3.05) is 0 Å². The second-order valence-electron chi connectivity index (χ2n) is 4.70. The van der Waals surface area contributed by atoms with Crippen molar-refractivity contribution in [3.63, 3.8) is 0 Å². The Labute approximate surface area is 119 Å². The summed E-state index contributed by atoms with van der Waals surface area (Å²) in [5, 5.41) is 0. The molecule has 1 heterocycles. The van der Waals surface area contributed by atoms with Crippen LogP contribution in [0, 0.1) is 6.92 Å². The fourth-order valence-corrected chi connectivity index (χ4v) is 2.91. The Morgan fingerprint density at radius 3 is 2.45 bits per heavy atom. The Bertz CT molecular complexity index is 651. The minimum Gasteiger partial charge on any atom is -0.263 e. The lowest BCUT2D eigenvalue weighted by molar-refractivity contribution is 0.228. The molecule has 1 aromatic heterocycles. The monoisotopic (exact) mass is 291 g/mol. The smallest absolute Gasteiger partial charge is 0.263 e.